The first-order valence-corrected chi connectivity index (χ1v) is 8.72. The molecule has 0 unspecified atom stereocenters. The molecule has 128 valence electrons. The van der Waals surface area contributed by atoms with Crippen LogP contribution in [0.25, 0.3) is 0 Å². The van der Waals surface area contributed by atoms with Crippen molar-refractivity contribution in [3.8, 4) is 0 Å². The van der Waals surface area contributed by atoms with Crippen molar-refractivity contribution in [2.24, 2.45) is 0 Å². The Morgan fingerprint density at radius 3 is 2.39 bits per heavy atom. The highest BCUT2D eigenvalue weighted by Gasteiger charge is 2.29. The summed E-state index contributed by atoms with van der Waals surface area (Å²) in [5, 5.41) is 0. The predicted octanol–water partition coefficient (Wildman–Crippen LogP) is 2.63. The lowest BCUT2D eigenvalue weighted by molar-refractivity contribution is -0.134. The summed E-state index contributed by atoms with van der Waals surface area (Å²) in [6.45, 7) is 9.40. The molecule has 1 aromatic rings. The van der Waals surface area contributed by atoms with Gasteiger partial charge in [-0.1, -0.05) is 19.1 Å². The molecule has 1 aromatic carbocycles. The highest BCUT2D eigenvalue weighted by molar-refractivity contribution is 5.79. The summed E-state index contributed by atoms with van der Waals surface area (Å²) in [4.78, 5) is 19.3. The van der Waals surface area contributed by atoms with Gasteiger partial charge in [-0.05, 0) is 38.0 Å². The molecule has 0 N–H and O–H groups in total. The van der Waals surface area contributed by atoms with Gasteiger partial charge in [-0.3, -0.25) is 9.69 Å². The molecule has 1 atom stereocenters. The molecule has 1 amide bonds. The lowest BCUT2D eigenvalue weighted by Gasteiger charge is -2.43. The zero-order chi connectivity index (χ0) is 17.0. The number of piperazine rings is 1. The van der Waals surface area contributed by atoms with Crippen LogP contribution in [-0.4, -0.2) is 61.5 Å². The van der Waals surface area contributed by atoms with Crippen LogP contribution >= 0.6 is 0 Å². The van der Waals surface area contributed by atoms with Gasteiger partial charge in [0.1, 0.15) is 0 Å². The van der Waals surface area contributed by atoms with Crippen molar-refractivity contribution in [3.63, 3.8) is 0 Å². The fourth-order valence-corrected chi connectivity index (χ4v) is 3.34. The molecule has 0 radical (unpaired) electrons. The van der Waals surface area contributed by atoms with Gasteiger partial charge in [0.25, 0.3) is 0 Å². The molecule has 0 bridgehead atoms. The van der Waals surface area contributed by atoms with Crippen LogP contribution in [0.4, 0.5) is 5.69 Å². The quantitative estimate of drug-likeness (QED) is 0.835. The lowest BCUT2D eigenvalue weighted by Crippen LogP contribution is -2.56. The zero-order valence-electron chi connectivity index (χ0n) is 15.2. The first-order chi connectivity index (χ1) is 10.9. The van der Waals surface area contributed by atoms with Gasteiger partial charge in [0.05, 0.1) is 6.42 Å². The maximum Gasteiger partial charge on any atom is 0.227 e. The second kappa shape index (κ2) is 7.82. The molecule has 0 saturated carbocycles. The Balaban J connectivity index is 1.95. The number of carbonyl (C=O) groups is 1. The summed E-state index contributed by atoms with van der Waals surface area (Å²) in [7, 11) is 4.05. The Morgan fingerprint density at radius 1 is 1.22 bits per heavy atom. The van der Waals surface area contributed by atoms with E-state index < -0.39 is 0 Å². The second-order valence-electron chi connectivity index (χ2n) is 6.97. The maximum absolute atomic E-state index is 12.6. The van der Waals surface area contributed by atoms with Crippen molar-refractivity contribution in [1.82, 2.24) is 9.80 Å². The van der Waals surface area contributed by atoms with Crippen molar-refractivity contribution >= 4 is 11.6 Å². The highest BCUT2D eigenvalue weighted by Crippen LogP contribution is 2.18. The summed E-state index contributed by atoms with van der Waals surface area (Å²) in [5.74, 6) is 0.254. The van der Waals surface area contributed by atoms with Crippen molar-refractivity contribution in [2.75, 3.05) is 38.6 Å². The fourth-order valence-electron chi connectivity index (χ4n) is 3.34. The number of amides is 1. The van der Waals surface area contributed by atoms with Gasteiger partial charge in [-0.15, -0.1) is 0 Å². The van der Waals surface area contributed by atoms with Crippen LogP contribution in [0.1, 0.15) is 32.8 Å². The standard InChI is InChI=1S/C19H31N3O/c1-6-17-14-21(11-12-22(17)15(2)3)19(23)13-16-7-9-18(10-8-16)20(4)5/h7-10,15,17H,6,11-14H2,1-5H3/t17-/m1/s1. The van der Waals surface area contributed by atoms with E-state index in [0.717, 1.165) is 37.3 Å². The second-order valence-corrected chi connectivity index (χ2v) is 6.97. The smallest absolute Gasteiger partial charge is 0.227 e. The van der Waals surface area contributed by atoms with E-state index in [0.29, 0.717) is 18.5 Å². The van der Waals surface area contributed by atoms with Crippen LogP contribution in [0.2, 0.25) is 0 Å². The molecular weight excluding hydrogens is 286 g/mol. The first-order valence-electron chi connectivity index (χ1n) is 8.72. The van der Waals surface area contributed by atoms with Crippen molar-refractivity contribution in [3.05, 3.63) is 29.8 Å². The normalized spacial score (nSPS) is 19.2. The number of hydrogen-bond acceptors (Lipinski definition) is 3. The van der Waals surface area contributed by atoms with E-state index in [1.807, 2.05) is 19.0 Å². The van der Waals surface area contributed by atoms with Crippen LogP contribution in [-0.2, 0) is 11.2 Å². The van der Waals surface area contributed by atoms with Crippen LogP contribution < -0.4 is 4.90 Å². The van der Waals surface area contributed by atoms with Crippen LogP contribution in [0, 0.1) is 0 Å². The van der Waals surface area contributed by atoms with Crippen molar-refractivity contribution in [2.45, 2.75) is 45.7 Å². The maximum atomic E-state index is 12.6. The third kappa shape index (κ3) is 4.47. The van der Waals surface area contributed by atoms with Crippen LogP contribution in [0.15, 0.2) is 24.3 Å². The summed E-state index contributed by atoms with van der Waals surface area (Å²) in [5.41, 5.74) is 2.26. The minimum Gasteiger partial charge on any atom is -0.378 e. The van der Waals surface area contributed by atoms with E-state index in [1.54, 1.807) is 0 Å². The van der Waals surface area contributed by atoms with Gasteiger partial charge in [0.15, 0.2) is 0 Å². The predicted molar refractivity (Wildman–Crippen MR) is 97.0 cm³/mol. The van der Waals surface area contributed by atoms with Crippen molar-refractivity contribution in [1.29, 1.82) is 0 Å². The third-order valence-electron chi connectivity index (χ3n) is 4.82. The SMILES string of the molecule is CC[C@@H]1CN(C(=O)Cc2ccc(N(C)C)cc2)CCN1C(C)C. The number of hydrogen-bond donors (Lipinski definition) is 0. The number of anilines is 1. The summed E-state index contributed by atoms with van der Waals surface area (Å²) >= 11 is 0. The Kier molecular flexibility index (Phi) is 6.05. The molecular formula is C19H31N3O. The summed E-state index contributed by atoms with van der Waals surface area (Å²) < 4.78 is 0. The molecule has 1 fully saturated rings. The molecule has 1 saturated heterocycles. The number of benzene rings is 1. The molecule has 1 aliphatic heterocycles. The van der Waals surface area contributed by atoms with E-state index in [4.69, 9.17) is 0 Å². The zero-order valence-corrected chi connectivity index (χ0v) is 15.2. The number of rotatable bonds is 5. The van der Waals surface area contributed by atoms with E-state index in [9.17, 15) is 4.79 Å². The molecule has 0 aliphatic carbocycles. The lowest BCUT2D eigenvalue weighted by atomic mass is 10.1. The van der Waals surface area contributed by atoms with Gasteiger partial charge in [0, 0.05) is 51.5 Å². The first kappa shape index (κ1) is 17.8. The molecule has 23 heavy (non-hydrogen) atoms. The molecule has 4 heteroatoms. The number of nitrogens with zero attached hydrogens (tertiary/aromatic N) is 3. The molecule has 2 rings (SSSR count). The van der Waals surface area contributed by atoms with Crippen LogP contribution in [0.5, 0.6) is 0 Å². The highest BCUT2D eigenvalue weighted by atomic mass is 16.2. The van der Waals surface area contributed by atoms with E-state index >= 15 is 0 Å². The Bertz CT molecular complexity index is 510. The average Bonchev–Trinajstić information content (AvgIpc) is 2.54. The van der Waals surface area contributed by atoms with Crippen molar-refractivity contribution < 1.29 is 4.79 Å². The van der Waals surface area contributed by atoms with Gasteiger partial charge in [-0.25, -0.2) is 0 Å². The molecule has 0 spiro atoms. The molecule has 4 nitrogen and oxygen atoms in total. The van der Waals surface area contributed by atoms with E-state index in [-0.39, 0.29) is 5.91 Å². The monoisotopic (exact) mass is 317 g/mol. The van der Waals surface area contributed by atoms with Gasteiger partial charge < -0.3 is 9.80 Å². The Hall–Kier alpha value is -1.55. The Labute approximate surface area is 141 Å². The third-order valence-corrected chi connectivity index (χ3v) is 4.82. The fraction of sp³-hybridized carbons (Fsp3) is 0.632. The summed E-state index contributed by atoms with van der Waals surface area (Å²) in [6.07, 6.45) is 1.60. The van der Waals surface area contributed by atoms with E-state index in [1.165, 1.54) is 0 Å². The molecule has 1 aliphatic rings. The van der Waals surface area contributed by atoms with Gasteiger partial charge >= 0.3 is 0 Å². The topological polar surface area (TPSA) is 26.8 Å². The number of carbonyl (C=O) groups excluding carboxylic acids is 1. The largest absolute Gasteiger partial charge is 0.378 e. The van der Waals surface area contributed by atoms with Crippen LogP contribution in [0.3, 0.4) is 0 Å². The minimum atomic E-state index is 0.254. The molecule has 1 heterocycles. The average molecular weight is 317 g/mol. The van der Waals surface area contributed by atoms with E-state index in [2.05, 4.69) is 54.8 Å². The molecule has 0 aromatic heterocycles. The minimum absolute atomic E-state index is 0.254. The Morgan fingerprint density at radius 2 is 1.87 bits per heavy atom. The van der Waals surface area contributed by atoms with Gasteiger partial charge in [0.2, 0.25) is 5.91 Å². The summed E-state index contributed by atoms with van der Waals surface area (Å²) in [6, 6.07) is 9.33. The van der Waals surface area contributed by atoms with Gasteiger partial charge in [-0.2, -0.15) is 0 Å².